The third-order valence-corrected chi connectivity index (χ3v) is 8.97. The lowest BCUT2D eigenvalue weighted by atomic mass is 9.87. The molecule has 0 fully saturated rings. The normalized spacial score (nSPS) is 18.0. The van der Waals surface area contributed by atoms with Gasteiger partial charge in [0.1, 0.15) is 0 Å². The Kier molecular flexibility index (Phi) is 6.32. The second-order valence-corrected chi connectivity index (χ2v) is 11.0. The highest BCUT2D eigenvalue weighted by molar-refractivity contribution is 6.13. The zero-order valence-corrected chi connectivity index (χ0v) is 23.7. The fourth-order valence-electron chi connectivity index (χ4n) is 6.67. The summed E-state index contributed by atoms with van der Waals surface area (Å²) in [7, 11) is 0. The van der Waals surface area contributed by atoms with Gasteiger partial charge in [-0.2, -0.15) is 0 Å². The molecule has 40 heavy (non-hydrogen) atoms. The van der Waals surface area contributed by atoms with Crippen molar-refractivity contribution in [3.63, 3.8) is 0 Å². The molecule has 5 heterocycles. The number of carbonyl (C=O) groups excluding carboxylic acids is 2. The van der Waals surface area contributed by atoms with E-state index in [1.165, 1.54) is 5.57 Å². The predicted molar refractivity (Wildman–Crippen MR) is 159 cm³/mol. The highest BCUT2D eigenvalue weighted by Crippen LogP contribution is 2.44. The standard InChI is InChI=1S/C33H34N4O3/c1-7-20-16(3)24-12-26-18(5)22(9-10-40-15-38)32(36-26)23-11-30(39)31-19(6)27(37-33(23)31)14-29-21(8-2)17(4)25(35-29)13-28(20)34-24/h7,12-15,18,22,34,37H,1,8-11H2,2-6H3/t18-,22-/m0/s1. The fourth-order valence-corrected chi connectivity index (χ4v) is 6.67. The van der Waals surface area contributed by atoms with Crippen molar-refractivity contribution in [2.24, 2.45) is 0 Å². The third kappa shape index (κ3) is 3.86. The number of ether oxygens (including phenoxy) is 1. The molecule has 7 heteroatoms. The summed E-state index contributed by atoms with van der Waals surface area (Å²) in [6, 6.07) is 6.29. The number of carbonyl (C=O) groups is 2. The summed E-state index contributed by atoms with van der Waals surface area (Å²) in [6.07, 6.45) is 3.67. The highest BCUT2D eigenvalue weighted by Gasteiger charge is 2.35. The number of allylic oxidation sites excluding steroid dienone is 2. The van der Waals surface area contributed by atoms with Crippen molar-refractivity contribution < 1.29 is 14.3 Å². The molecule has 3 aromatic heterocycles. The Labute approximate surface area is 233 Å². The number of aromatic amines is 2. The van der Waals surface area contributed by atoms with Gasteiger partial charge in [0.05, 0.1) is 29.2 Å². The first-order valence-corrected chi connectivity index (χ1v) is 14.0. The van der Waals surface area contributed by atoms with E-state index in [-0.39, 0.29) is 17.6 Å². The van der Waals surface area contributed by atoms with Crippen molar-refractivity contribution in [1.29, 1.82) is 0 Å². The largest absolute Gasteiger partial charge is 0.468 e. The first kappa shape index (κ1) is 26.0. The number of nitrogens with zero attached hydrogens (tertiary/aromatic N) is 2. The number of aryl methyl sites for hydroxylation is 2. The molecule has 0 aromatic carbocycles. The number of nitrogens with one attached hydrogen (secondary N) is 2. The summed E-state index contributed by atoms with van der Waals surface area (Å²) < 4.78 is 5.10. The van der Waals surface area contributed by atoms with Gasteiger partial charge in [-0.1, -0.05) is 26.5 Å². The van der Waals surface area contributed by atoms with E-state index in [9.17, 15) is 9.59 Å². The van der Waals surface area contributed by atoms with E-state index in [1.54, 1.807) is 0 Å². The van der Waals surface area contributed by atoms with E-state index in [1.807, 2.05) is 13.0 Å². The SMILES string of the molecule is C=Cc1c(C)c2cc3nc(c4c5[nH]c(cc6nc(cc1[nH]2)C(C)=C6CC)c(C)c5C(=O)C4)[C@@H](CCOC=O)[C@@H]3C. The van der Waals surface area contributed by atoms with Crippen LogP contribution in [0.15, 0.2) is 24.8 Å². The molecule has 8 bridgehead atoms. The average Bonchev–Trinajstić information content (AvgIpc) is 3.67. The Balaban J connectivity index is 1.76. The quantitative estimate of drug-likeness (QED) is 0.259. The Bertz CT molecular complexity index is 1800. The molecule has 0 radical (unpaired) electrons. The molecule has 3 aliphatic rings. The van der Waals surface area contributed by atoms with Gasteiger partial charge in [-0.25, -0.2) is 4.98 Å². The Morgan fingerprint density at radius 2 is 1.80 bits per heavy atom. The lowest BCUT2D eigenvalue weighted by molar-refractivity contribution is -0.128. The molecule has 2 aliphatic heterocycles. The monoisotopic (exact) mass is 534 g/mol. The summed E-state index contributed by atoms with van der Waals surface area (Å²) in [6.45, 7) is 15.4. The van der Waals surface area contributed by atoms with Gasteiger partial charge in [0.15, 0.2) is 5.78 Å². The second-order valence-electron chi connectivity index (χ2n) is 11.0. The lowest BCUT2D eigenvalue weighted by Crippen LogP contribution is -2.08. The van der Waals surface area contributed by atoms with Crippen molar-refractivity contribution in [2.45, 2.75) is 65.7 Å². The maximum atomic E-state index is 13.4. The molecule has 6 rings (SSSR count). The fraction of sp³-hybridized carbons (Fsp3) is 0.333. The van der Waals surface area contributed by atoms with Gasteiger partial charge < -0.3 is 14.7 Å². The average molecular weight is 535 g/mol. The smallest absolute Gasteiger partial charge is 0.293 e. The molecular weight excluding hydrogens is 500 g/mol. The Morgan fingerprint density at radius 3 is 2.52 bits per heavy atom. The molecule has 0 spiro atoms. The van der Waals surface area contributed by atoms with Gasteiger partial charge in [0, 0.05) is 57.2 Å². The zero-order valence-electron chi connectivity index (χ0n) is 23.7. The summed E-state index contributed by atoms with van der Waals surface area (Å²) in [5.74, 6) is 0.192. The van der Waals surface area contributed by atoms with Crippen molar-refractivity contribution in [3.8, 4) is 0 Å². The van der Waals surface area contributed by atoms with Gasteiger partial charge in [0.2, 0.25) is 0 Å². The molecule has 7 nitrogen and oxygen atoms in total. The number of aromatic nitrogens is 4. The van der Waals surface area contributed by atoms with Crippen molar-refractivity contribution in [1.82, 2.24) is 19.9 Å². The van der Waals surface area contributed by atoms with Crippen LogP contribution in [0.2, 0.25) is 0 Å². The molecule has 2 atom stereocenters. The minimum atomic E-state index is 0.0139. The molecule has 3 aromatic rings. The molecule has 0 saturated heterocycles. The van der Waals surface area contributed by atoms with Gasteiger partial charge >= 0.3 is 0 Å². The lowest BCUT2D eigenvalue weighted by Gasteiger charge is -2.16. The number of H-pyrrole nitrogens is 2. The number of hydrogen-bond donors (Lipinski definition) is 2. The highest BCUT2D eigenvalue weighted by atomic mass is 16.5. The molecule has 0 saturated carbocycles. The molecule has 2 N–H and O–H groups in total. The number of hydrogen-bond acceptors (Lipinski definition) is 5. The molecular formula is C33H34N4O3. The van der Waals surface area contributed by atoms with Crippen LogP contribution in [-0.2, 0) is 16.0 Å². The van der Waals surface area contributed by atoms with Gasteiger partial charge in [-0.15, -0.1) is 0 Å². The van der Waals surface area contributed by atoms with Gasteiger partial charge in [-0.3, -0.25) is 14.6 Å². The second kappa shape index (κ2) is 9.73. The molecule has 0 unspecified atom stereocenters. The van der Waals surface area contributed by atoms with Crippen molar-refractivity contribution in [2.75, 3.05) is 6.61 Å². The maximum Gasteiger partial charge on any atom is 0.293 e. The van der Waals surface area contributed by atoms with E-state index in [0.717, 1.165) is 84.7 Å². The summed E-state index contributed by atoms with van der Waals surface area (Å²) in [4.78, 5) is 41.7. The van der Waals surface area contributed by atoms with Crippen LogP contribution in [0.4, 0.5) is 0 Å². The zero-order chi connectivity index (χ0) is 28.3. The summed E-state index contributed by atoms with van der Waals surface area (Å²) in [5.41, 5.74) is 14.5. The molecule has 1 aliphatic carbocycles. The van der Waals surface area contributed by atoms with Crippen LogP contribution < -0.4 is 0 Å². The van der Waals surface area contributed by atoms with Crippen LogP contribution in [0.25, 0.3) is 39.3 Å². The number of Topliss-reactive ketones (excluding diaryl/α,β-unsaturated/α-hetero) is 1. The van der Waals surface area contributed by atoms with Crippen molar-refractivity contribution >= 4 is 51.5 Å². The van der Waals surface area contributed by atoms with Crippen LogP contribution in [0.1, 0.15) is 101 Å². The Hall–Kier alpha value is -4.26. The minimum absolute atomic E-state index is 0.0139. The predicted octanol–water partition coefficient (Wildman–Crippen LogP) is 7.10. The molecule has 204 valence electrons. The van der Waals surface area contributed by atoms with Crippen LogP contribution in [0.5, 0.6) is 0 Å². The maximum absolute atomic E-state index is 13.4. The number of fused-ring (bicyclic) bond motifs is 8. The number of ketones is 1. The first-order chi connectivity index (χ1) is 19.3. The van der Waals surface area contributed by atoms with Crippen LogP contribution in [0, 0.1) is 13.8 Å². The first-order valence-electron chi connectivity index (χ1n) is 14.0. The van der Waals surface area contributed by atoms with Crippen molar-refractivity contribution in [3.05, 3.63) is 75.4 Å². The van der Waals surface area contributed by atoms with Crippen LogP contribution in [-0.4, -0.2) is 38.8 Å². The molecule has 0 amide bonds. The van der Waals surface area contributed by atoms with E-state index in [4.69, 9.17) is 14.7 Å². The Morgan fingerprint density at radius 1 is 1.05 bits per heavy atom. The van der Waals surface area contributed by atoms with E-state index in [0.29, 0.717) is 25.9 Å². The van der Waals surface area contributed by atoms with E-state index in [2.05, 4.69) is 62.4 Å². The summed E-state index contributed by atoms with van der Waals surface area (Å²) in [5, 5.41) is 0. The van der Waals surface area contributed by atoms with E-state index >= 15 is 0 Å². The minimum Gasteiger partial charge on any atom is -0.468 e. The van der Waals surface area contributed by atoms with Gasteiger partial charge in [0.25, 0.3) is 6.47 Å². The van der Waals surface area contributed by atoms with Crippen LogP contribution >= 0.6 is 0 Å². The van der Waals surface area contributed by atoms with E-state index < -0.39 is 0 Å². The number of rotatable bonds is 6. The van der Waals surface area contributed by atoms with Crippen LogP contribution in [0.3, 0.4) is 0 Å². The van der Waals surface area contributed by atoms with Gasteiger partial charge in [-0.05, 0) is 74.1 Å². The third-order valence-electron chi connectivity index (χ3n) is 8.97. The summed E-state index contributed by atoms with van der Waals surface area (Å²) >= 11 is 0. The topological polar surface area (TPSA) is 101 Å².